The van der Waals surface area contributed by atoms with Gasteiger partial charge in [0, 0.05) is 36.6 Å². The summed E-state index contributed by atoms with van der Waals surface area (Å²) in [6.45, 7) is 7.68. The first kappa shape index (κ1) is 42.6. The lowest BCUT2D eigenvalue weighted by Crippen LogP contribution is -2.53. The SMILES string of the molecule is CCN(CC)[C@@H](C(=O)N1CCC[C@H]1c1ncc(-c2ccc(-c3ccc(C4CN=C([C@@H]5CCCN5C(=O)[C@H](Cc5c[nH]c6ccccc56)NC(=O)OC)N4)cc3)cc2)[nH]1)c1ccccc1. The van der Waals surface area contributed by atoms with Crippen molar-refractivity contribution in [3.8, 4) is 22.4 Å². The molecule has 330 valence electrons. The van der Waals surface area contributed by atoms with Crippen LogP contribution >= 0.6 is 0 Å². The average Bonchev–Trinajstić information content (AvgIpc) is 4.21. The van der Waals surface area contributed by atoms with Gasteiger partial charge in [-0.1, -0.05) is 111 Å². The number of aromatic amines is 2. The van der Waals surface area contributed by atoms with Gasteiger partial charge in [-0.2, -0.15) is 0 Å². The number of aliphatic imine (C=N–C) groups is 1. The number of amidine groups is 1. The maximum Gasteiger partial charge on any atom is 0.407 e. The largest absolute Gasteiger partial charge is 0.453 e. The summed E-state index contributed by atoms with van der Waals surface area (Å²) in [5.74, 6) is 1.62. The second-order valence-electron chi connectivity index (χ2n) is 17.0. The Balaban J connectivity index is 0.830. The summed E-state index contributed by atoms with van der Waals surface area (Å²) in [5.41, 5.74) is 8.24. The van der Waals surface area contributed by atoms with Crippen LogP contribution in [0.15, 0.2) is 121 Å². The van der Waals surface area contributed by atoms with Gasteiger partial charge in [-0.3, -0.25) is 19.5 Å². The molecule has 3 aliphatic heterocycles. The lowest BCUT2D eigenvalue weighted by Gasteiger charge is -2.34. The van der Waals surface area contributed by atoms with Gasteiger partial charge < -0.3 is 35.1 Å². The number of hydrogen-bond acceptors (Lipinski definition) is 8. The Morgan fingerprint density at radius 3 is 2.19 bits per heavy atom. The van der Waals surface area contributed by atoms with Crippen LogP contribution in [-0.2, 0) is 20.7 Å². The number of alkyl carbamates (subject to hydrolysis) is 1. The molecular formula is C51H57N9O4. The van der Waals surface area contributed by atoms with Gasteiger partial charge >= 0.3 is 6.09 Å². The number of rotatable bonds is 14. The zero-order valence-electron chi connectivity index (χ0n) is 36.8. The Kier molecular flexibility index (Phi) is 12.6. The third kappa shape index (κ3) is 8.64. The minimum absolute atomic E-state index is 0.0127. The molecule has 2 saturated heterocycles. The summed E-state index contributed by atoms with van der Waals surface area (Å²) in [5, 5.41) is 7.47. The van der Waals surface area contributed by atoms with Crippen LogP contribution in [0.2, 0.25) is 0 Å². The molecule has 0 radical (unpaired) electrons. The minimum Gasteiger partial charge on any atom is -0.453 e. The first-order chi connectivity index (χ1) is 31.3. The highest BCUT2D eigenvalue weighted by Crippen LogP contribution is 2.36. The Morgan fingerprint density at radius 1 is 0.812 bits per heavy atom. The standard InChI is InChI=1S/C51H57N9O4/c1-4-58(5-2)46(37-13-7-6-8-14-37)50(62)60-28-12-18-45(60)48-54-32-43(56-48)36-25-21-34(22-26-36)33-19-23-35(24-20-33)42-31-53-47(55-42)44-17-11-27-59(44)49(61)41(57-51(63)64-3)29-38-30-52-40-16-10-9-15-39(38)40/h6-10,13-16,19-26,30,32,41-42,44-46,52H,4-5,11-12,17-18,27-29,31H2,1-3H3,(H,53,55)(H,54,56)(H,57,63)/t41-,42?,44-,45-,46+/m0/s1. The highest BCUT2D eigenvalue weighted by Gasteiger charge is 2.40. The van der Waals surface area contributed by atoms with Crippen molar-refractivity contribution < 1.29 is 19.1 Å². The fourth-order valence-electron chi connectivity index (χ4n) is 9.89. The van der Waals surface area contributed by atoms with Crippen molar-refractivity contribution in [3.05, 3.63) is 138 Å². The van der Waals surface area contributed by atoms with E-state index in [1.807, 2.05) is 64.7 Å². The van der Waals surface area contributed by atoms with E-state index in [-0.39, 0.29) is 36.0 Å². The number of amides is 3. The average molecular weight is 860 g/mol. The molecule has 13 nitrogen and oxygen atoms in total. The topological polar surface area (TPSA) is 151 Å². The first-order valence-corrected chi connectivity index (χ1v) is 22.7. The number of imidazole rings is 1. The van der Waals surface area contributed by atoms with E-state index in [4.69, 9.17) is 14.7 Å². The quantitative estimate of drug-likeness (QED) is 0.0868. The van der Waals surface area contributed by atoms with Crippen LogP contribution in [0.1, 0.15) is 80.2 Å². The van der Waals surface area contributed by atoms with Crippen LogP contribution in [0.5, 0.6) is 0 Å². The van der Waals surface area contributed by atoms with Gasteiger partial charge in [-0.05, 0) is 78.2 Å². The number of fused-ring (bicyclic) bond motifs is 1. The second-order valence-corrected chi connectivity index (χ2v) is 17.0. The van der Waals surface area contributed by atoms with Crippen LogP contribution in [-0.4, -0.2) is 105 Å². The highest BCUT2D eigenvalue weighted by molar-refractivity contribution is 5.96. The molecule has 3 amide bonds. The van der Waals surface area contributed by atoms with Gasteiger partial charge in [0.1, 0.15) is 23.7 Å². The van der Waals surface area contributed by atoms with E-state index >= 15 is 0 Å². The molecule has 3 aliphatic rings. The molecule has 9 rings (SSSR count). The molecule has 0 spiro atoms. The Labute approximate surface area is 374 Å². The van der Waals surface area contributed by atoms with Crippen molar-refractivity contribution in [2.75, 3.05) is 39.8 Å². The van der Waals surface area contributed by atoms with E-state index in [9.17, 15) is 14.4 Å². The fourth-order valence-corrected chi connectivity index (χ4v) is 9.89. The molecule has 13 heteroatoms. The van der Waals surface area contributed by atoms with Crippen LogP contribution in [0.3, 0.4) is 0 Å². The number of benzene rings is 4. The molecule has 64 heavy (non-hydrogen) atoms. The summed E-state index contributed by atoms with van der Waals surface area (Å²) in [6, 6.07) is 33.7. The van der Waals surface area contributed by atoms with E-state index in [2.05, 4.69) is 100 Å². The minimum atomic E-state index is -0.792. The van der Waals surface area contributed by atoms with Crippen molar-refractivity contribution in [1.82, 2.24) is 40.3 Å². The fraction of sp³-hybridized carbons (Fsp3) is 0.353. The van der Waals surface area contributed by atoms with Crippen LogP contribution in [0.25, 0.3) is 33.3 Å². The second kappa shape index (κ2) is 18.9. The normalized spacial score (nSPS) is 19.4. The van der Waals surface area contributed by atoms with E-state index < -0.39 is 12.1 Å². The number of ether oxygens (including phenoxy) is 1. The molecule has 2 aromatic heterocycles. The van der Waals surface area contributed by atoms with Gasteiger partial charge in [0.15, 0.2) is 0 Å². The van der Waals surface area contributed by atoms with Gasteiger partial charge in [-0.25, -0.2) is 9.78 Å². The lowest BCUT2D eigenvalue weighted by atomic mass is 9.99. The molecule has 4 aromatic carbocycles. The number of hydrogen-bond donors (Lipinski definition) is 4. The van der Waals surface area contributed by atoms with Crippen LogP contribution < -0.4 is 10.6 Å². The molecule has 2 fully saturated rings. The van der Waals surface area contributed by atoms with Crippen LogP contribution in [0, 0.1) is 0 Å². The number of carbonyl (C=O) groups excluding carboxylic acids is 3. The van der Waals surface area contributed by atoms with E-state index in [0.717, 1.165) is 100 Å². The molecular weight excluding hydrogens is 803 g/mol. The van der Waals surface area contributed by atoms with Gasteiger partial charge in [-0.15, -0.1) is 0 Å². The number of nitrogens with one attached hydrogen (secondary N) is 4. The highest BCUT2D eigenvalue weighted by atomic mass is 16.5. The predicted molar refractivity (Wildman–Crippen MR) is 249 cm³/mol. The van der Waals surface area contributed by atoms with Crippen molar-refractivity contribution >= 4 is 34.6 Å². The smallest absolute Gasteiger partial charge is 0.407 e. The molecule has 0 saturated carbocycles. The molecule has 1 unspecified atom stereocenters. The summed E-state index contributed by atoms with van der Waals surface area (Å²) in [4.78, 5) is 63.6. The number of likely N-dealkylation sites (N-methyl/N-ethyl adjacent to an activating group) is 1. The number of methoxy groups -OCH3 is 1. The lowest BCUT2D eigenvalue weighted by molar-refractivity contribution is -0.138. The van der Waals surface area contributed by atoms with E-state index in [1.54, 1.807) is 0 Å². The summed E-state index contributed by atoms with van der Waals surface area (Å²) in [6.07, 6.45) is 6.94. The van der Waals surface area contributed by atoms with E-state index in [1.165, 1.54) is 7.11 Å². The van der Waals surface area contributed by atoms with Crippen LogP contribution in [0.4, 0.5) is 4.79 Å². The third-order valence-corrected chi connectivity index (χ3v) is 13.3. The van der Waals surface area contributed by atoms with Crippen molar-refractivity contribution in [1.29, 1.82) is 0 Å². The van der Waals surface area contributed by atoms with Gasteiger partial charge in [0.2, 0.25) is 11.8 Å². The Hall–Kier alpha value is -6.73. The number of aromatic nitrogens is 3. The Morgan fingerprint density at radius 2 is 1.47 bits per heavy atom. The van der Waals surface area contributed by atoms with Gasteiger partial charge in [0.25, 0.3) is 0 Å². The maximum atomic E-state index is 14.3. The molecule has 5 heterocycles. The number of H-pyrrole nitrogens is 2. The zero-order valence-corrected chi connectivity index (χ0v) is 36.8. The number of likely N-dealkylation sites (tertiary alicyclic amines) is 2. The van der Waals surface area contributed by atoms with Crippen molar-refractivity contribution in [2.45, 2.75) is 76.2 Å². The monoisotopic (exact) mass is 859 g/mol. The summed E-state index contributed by atoms with van der Waals surface area (Å²) >= 11 is 0. The number of para-hydroxylation sites is 1. The Bertz CT molecular complexity index is 2600. The summed E-state index contributed by atoms with van der Waals surface area (Å²) < 4.78 is 4.92. The molecule has 0 bridgehead atoms. The predicted octanol–water partition coefficient (Wildman–Crippen LogP) is 7.97. The number of nitrogens with zero attached hydrogens (tertiary/aromatic N) is 5. The van der Waals surface area contributed by atoms with E-state index in [0.29, 0.717) is 26.1 Å². The van der Waals surface area contributed by atoms with Crippen molar-refractivity contribution in [2.24, 2.45) is 4.99 Å². The molecule has 4 N–H and O–H groups in total. The molecule has 5 atom stereocenters. The summed E-state index contributed by atoms with van der Waals surface area (Å²) in [7, 11) is 1.31. The van der Waals surface area contributed by atoms with Crippen molar-refractivity contribution in [3.63, 3.8) is 0 Å². The third-order valence-electron chi connectivity index (χ3n) is 13.3. The van der Waals surface area contributed by atoms with Gasteiger partial charge in [0.05, 0.1) is 43.7 Å². The maximum absolute atomic E-state index is 14.3. The number of carbonyl (C=O) groups is 3. The first-order valence-electron chi connectivity index (χ1n) is 22.7. The molecule has 6 aromatic rings. The molecule has 0 aliphatic carbocycles. The zero-order chi connectivity index (χ0) is 44.2.